The topological polar surface area (TPSA) is 23.5 Å². The van der Waals surface area contributed by atoms with Gasteiger partial charge < -0.3 is 5.11 Å². The maximum atomic E-state index is 9.08. The smallest absolute Gasteiger partial charge is 0.0610 e. The van der Waals surface area contributed by atoms with Gasteiger partial charge in [0, 0.05) is 12.1 Å². The number of likely N-dealkylation sites (N-methyl/N-ethyl adjacent to an activating group) is 1. The van der Waals surface area contributed by atoms with E-state index in [2.05, 4.69) is 18.4 Å². The number of aliphatic hydroxyl groups excluding tert-OH is 1. The minimum atomic E-state index is -0.141. The zero-order valence-corrected chi connectivity index (χ0v) is 8.72. The Balaban J connectivity index is 4.02. The molecule has 72 valence electrons. The van der Waals surface area contributed by atoms with Crippen LogP contribution < -0.4 is 0 Å². The van der Waals surface area contributed by atoms with Crippen LogP contribution in [0.5, 0.6) is 0 Å². The van der Waals surface area contributed by atoms with Gasteiger partial charge in [-0.1, -0.05) is 19.1 Å². The first kappa shape index (κ1) is 11.7. The normalized spacial score (nSPS) is 12.2. The summed E-state index contributed by atoms with van der Waals surface area (Å²) in [6.45, 7) is 11.1. The van der Waals surface area contributed by atoms with Gasteiger partial charge in [-0.05, 0) is 27.3 Å². The predicted octanol–water partition coefficient (Wildman–Crippen LogP) is 1.66. The number of rotatable bonds is 5. The average molecular weight is 171 g/mol. The van der Waals surface area contributed by atoms with Crippen molar-refractivity contribution < 1.29 is 5.11 Å². The van der Waals surface area contributed by atoms with Crippen molar-refractivity contribution in [1.29, 1.82) is 0 Å². The van der Waals surface area contributed by atoms with E-state index in [1.165, 1.54) is 5.57 Å². The van der Waals surface area contributed by atoms with Crippen molar-refractivity contribution in [2.24, 2.45) is 0 Å². The number of hydrogen-bond acceptors (Lipinski definition) is 2. The molecule has 0 atom stereocenters. The van der Waals surface area contributed by atoms with Gasteiger partial charge in [-0.15, -0.1) is 0 Å². The molecule has 0 aliphatic heterocycles. The third-order valence-electron chi connectivity index (χ3n) is 2.38. The van der Waals surface area contributed by atoms with E-state index in [-0.39, 0.29) is 12.1 Å². The molecule has 2 heteroatoms. The minimum absolute atomic E-state index is 0.141. The summed E-state index contributed by atoms with van der Waals surface area (Å²) in [4.78, 5) is 2.12. The first-order chi connectivity index (χ1) is 5.44. The van der Waals surface area contributed by atoms with Gasteiger partial charge in [0.05, 0.1) is 6.61 Å². The van der Waals surface area contributed by atoms with Crippen LogP contribution in [0.4, 0.5) is 0 Å². The van der Waals surface area contributed by atoms with Crippen LogP contribution in [-0.4, -0.2) is 35.7 Å². The standard InChI is InChI=1S/C10H21NO/c1-6-9(2)7-11(5)10(3,4)8-12/h12H,2,6-8H2,1,3-5H3. The number of nitrogens with zero attached hydrogens (tertiary/aromatic N) is 1. The zero-order valence-electron chi connectivity index (χ0n) is 8.72. The molecular formula is C10H21NO. The molecule has 0 fully saturated rings. The third-order valence-corrected chi connectivity index (χ3v) is 2.38. The molecule has 0 aliphatic rings. The Labute approximate surface area is 75.9 Å². The molecule has 0 spiro atoms. The van der Waals surface area contributed by atoms with Gasteiger partial charge >= 0.3 is 0 Å². The Morgan fingerprint density at radius 1 is 1.50 bits per heavy atom. The van der Waals surface area contributed by atoms with Crippen molar-refractivity contribution in [1.82, 2.24) is 4.90 Å². The summed E-state index contributed by atoms with van der Waals surface area (Å²) in [5.41, 5.74) is 1.07. The molecule has 0 aliphatic carbocycles. The first-order valence-corrected chi connectivity index (χ1v) is 4.42. The highest BCUT2D eigenvalue weighted by molar-refractivity contribution is 4.98. The molecule has 2 nitrogen and oxygen atoms in total. The van der Waals surface area contributed by atoms with Crippen LogP contribution in [0.15, 0.2) is 12.2 Å². The zero-order chi connectivity index (χ0) is 9.78. The molecule has 0 rings (SSSR count). The van der Waals surface area contributed by atoms with Gasteiger partial charge in [0.25, 0.3) is 0 Å². The van der Waals surface area contributed by atoms with Crippen LogP contribution in [0.1, 0.15) is 27.2 Å². The fourth-order valence-electron chi connectivity index (χ4n) is 0.782. The van der Waals surface area contributed by atoms with Gasteiger partial charge in [0.1, 0.15) is 0 Å². The van der Waals surface area contributed by atoms with Gasteiger partial charge in [-0.2, -0.15) is 0 Å². The van der Waals surface area contributed by atoms with E-state index in [1.807, 2.05) is 20.9 Å². The molecule has 12 heavy (non-hydrogen) atoms. The summed E-state index contributed by atoms with van der Waals surface area (Å²) in [6.07, 6.45) is 1.01. The van der Waals surface area contributed by atoms with Gasteiger partial charge in [0.15, 0.2) is 0 Å². The van der Waals surface area contributed by atoms with Crippen molar-refractivity contribution in [3.63, 3.8) is 0 Å². The van der Waals surface area contributed by atoms with Crippen LogP contribution >= 0.6 is 0 Å². The van der Waals surface area contributed by atoms with E-state index in [0.717, 1.165) is 13.0 Å². The molecule has 0 aromatic rings. The van der Waals surface area contributed by atoms with Crippen LogP contribution in [0.2, 0.25) is 0 Å². The highest BCUT2D eigenvalue weighted by Crippen LogP contribution is 2.13. The van der Waals surface area contributed by atoms with E-state index in [0.29, 0.717) is 0 Å². The lowest BCUT2D eigenvalue weighted by Crippen LogP contribution is -2.44. The fourth-order valence-corrected chi connectivity index (χ4v) is 0.782. The average Bonchev–Trinajstić information content (AvgIpc) is 2.04. The Bertz CT molecular complexity index is 152. The van der Waals surface area contributed by atoms with Crippen LogP contribution in [0.25, 0.3) is 0 Å². The van der Waals surface area contributed by atoms with E-state index >= 15 is 0 Å². The SMILES string of the molecule is C=C(CC)CN(C)C(C)(C)CO. The lowest BCUT2D eigenvalue weighted by Gasteiger charge is -2.34. The van der Waals surface area contributed by atoms with E-state index < -0.39 is 0 Å². The Morgan fingerprint density at radius 3 is 2.33 bits per heavy atom. The molecule has 0 radical (unpaired) electrons. The maximum Gasteiger partial charge on any atom is 0.0610 e. The van der Waals surface area contributed by atoms with Gasteiger partial charge in [-0.25, -0.2) is 0 Å². The summed E-state index contributed by atoms with van der Waals surface area (Å²) in [5, 5.41) is 9.08. The molecule has 1 N–H and O–H groups in total. The molecule has 0 unspecified atom stereocenters. The van der Waals surface area contributed by atoms with Crippen LogP contribution in [-0.2, 0) is 0 Å². The van der Waals surface area contributed by atoms with Gasteiger partial charge in [0.2, 0.25) is 0 Å². The lowest BCUT2D eigenvalue weighted by molar-refractivity contribution is 0.0862. The molecular weight excluding hydrogens is 150 g/mol. The van der Waals surface area contributed by atoms with Crippen molar-refractivity contribution in [2.75, 3.05) is 20.2 Å². The second-order valence-electron chi connectivity index (χ2n) is 3.93. The van der Waals surface area contributed by atoms with Crippen LogP contribution in [0, 0.1) is 0 Å². The largest absolute Gasteiger partial charge is 0.394 e. The summed E-state index contributed by atoms with van der Waals surface area (Å²) in [5.74, 6) is 0. The monoisotopic (exact) mass is 171 g/mol. The van der Waals surface area contributed by atoms with E-state index in [9.17, 15) is 0 Å². The Hall–Kier alpha value is -0.340. The quantitative estimate of drug-likeness (QED) is 0.636. The second kappa shape index (κ2) is 4.63. The molecule has 0 saturated carbocycles. The maximum absolute atomic E-state index is 9.08. The number of hydrogen-bond donors (Lipinski definition) is 1. The third kappa shape index (κ3) is 3.37. The van der Waals surface area contributed by atoms with Crippen molar-refractivity contribution in [3.8, 4) is 0 Å². The summed E-state index contributed by atoms with van der Waals surface area (Å²) >= 11 is 0. The van der Waals surface area contributed by atoms with Crippen molar-refractivity contribution in [3.05, 3.63) is 12.2 Å². The molecule has 0 heterocycles. The highest BCUT2D eigenvalue weighted by atomic mass is 16.3. The molecule has 0 amide bonds. The van der Waals surface area contributed by atoms with Crippen molar-refractivity contribution in [2.45, 2.75) is 32.7 Å². The fraction of sp³-hybridized carbons (Fsp3) is 0.800. The molecule has 0 saturated heterocycles. The highest BCUT2D eigenvalue weighted by Gasteiger charge is 2.21. The lowest BCUT2D eigenvalue weighted by atomic mass is 10.0. The number of aliphatic hydroxyl groups is 1. The minimum Gasteiger partial charge on any atom is -0.394 e. The molecule has 0 bridgehead atoms. The summed E-state index contributed by atoms with van der Waals surface area (Å²) < 4.78 is 0. The van der Waals surface area contributed by atoms with Crippen LogP contribution in [0.3, 0.4) is 0 Å². The summed E-state index contributed by atoms with van der Waals surface area (Å²) in [7, 11) is 2.01. The van der Waals surface area contributed by atoms with Crippen molar-refractivity contribution >= 4 is 0 Å². The first-order valence-electron chi connectivity index (χ1n) is 4.42. The Morgan fingerprint density at radius 2 is 2.00 bits per heavy atom. The molecule has 0 aromatic heterocycles. The predicted molar refractivity (Wildman–Crippen MR) is 53.2 cm³/mol. The summed E-state index contributed by atoms with van der Waals surface area (Å²) in [6, 6.07) is 0. The second-order valence-corrected chi connectivity index (χ2v) is 3.93. The van der Waals surface area contributed by atoms with E-state index in [1.54, 1.807) is 0 Å². The van der Waals surface area contributed by atoms with Gasteiger partial charge in [-0.3, -0.25) is 4.90 Å². The Kier molecular flexibility index (Phi) is 4.50. The van der Waals surface area contributed by atoms with E-state index in [4.69, 9.17) is 5.11 Å². The molecule has 0 aromatic carbocycles.